The summed E-state index contributed by atoms with van der Waals surface area (Å²) in [6.45, 7) is 2.36. The molecule has 2 aromatic carbocycles. The molecule has 2 aliphatic rings. The van der Waals surface area contributed by atoms with E-state index in [2.05, 4.69) is 5.32 Å². The molecule has 1 amide bonds. The van der Waals surface area contributed by atoms with Crippen LogP contribution in [-0.2, 0) is 20.9 Å². The number of nitrogens with zero attached hydrogens (tertiary/aromatic N) is 2. The van der Waals surface area contributed by atoms with Crippen LogP contribution in [0.5, 0.6) is 0 Å². The first-order valence-corrected chi connectivity index (χ1v) is 12.6. The average molecular weight is 498 g/mol. The summed E-state index contributed by atoms with van der Waals surface area (Å²) in [5.41, 5.74) is -0.273. The van der Waals surface area contributed by atoms with Gasteiger partial charge in [0.2, 0.25) is 10.0 Å². The second-order valence-electron chi connectivity index (χ2n) is 8.28. The molecule has 0 aromatic heterocycles. The van der Waals surface area contributed by atoms with Crippen molar-refractivity contribution in [2.24, 2.45) is 0 Å². The summed E-state index contributed by atoms with van der Waals surface area (Å²) in [5, 5.41) is 2.59. The van der Waals surface area contributed by atoms with E-state index < -0.39 is 27.7 Å². The predicted molar refractivity (Wildman–Crippen MR) is 121 cm³/mol. The topological polar surface area (TPSA) is 79.0 Å². The van der Waals surface area contributed by atoms with Crippen LogP contribution in [0, 0.1) is 0 Å². The number of ether oxygens (including phenoxy) is 1. The Kier molecular flexibility index (Phi) is 7.15. The van der Waals surface area contributed by atoms with Crippen LogP contribution in [0.4, 0.5) is 24.5 Å². The number of amides is 1. The molecule has 7 nitrogen and oxygen atoms in total. The van der Waals surface area contributed by atoms with Crippen molar-refractivity contribution in [3.05, 3.63) is 53.6 Å². The van der Waals surface area contributed by atoms with E-state index >= 15 is 0 Å². The lowest BCUT2D eigenvalue weighted by Gasteiger charge is -2.31. The molecule has 2 heterocycles. The molecule has 0 bridgehead atoms. The van der Waals surface area contributed by atoms with Gasteiger partial charge in [0.25, 0.3) is 5.91 Å². The molecular formula is C23H26F3N3O4S. The number of sulfonamides is 1. The highest BCUT2D eigenvalue weighted by Gasteiger charge is 2.32. The quantitative estimate of drug-likeness (QED) is 0.677. The molecule has 34 heavy (non-hydrogen) atoms. The largest absolute Gasteiger partial charge is 0.416 e. The highest BCUT2D eigenvalue weighted by atomic mass is 32.2. The maximum absolute atomic E-state index is 13.4. The smallest absolute Gasteiger partial charge is 0.379 e. The first kappa shape index (κ1) is 24.5. The summed E-state index contributed by atoms with van der Waals surface area (Å²) >= 11 is 0. The number of rotatable bonds is 5. The van der Waals surface area contributed by atoms with Crippen LogP contribution in [0.3, 0.4) is 0 Å². The van der Waals surface area contributed by atoms with Gasteiger partial charge in [0, 0.05) is 31.7 Å². The molecule has 0 aliphatic carbocycles. The molecule has 4 rings (SSSR count). The molecule has 0 atom stereocenters. The van der Waals surface area contributed by atoms with Crippen molar-refractivity contribution in [1.82, 2.24) is 4.31 Å². The van der Waals surface area contributed by atoms with Crippen LogP contribution in [0.15, 0.2) is 47.4 Å². The van der Waals surface area contributed by atoms with E-state index in [0.29, 0.717) is 18.8 Å². The number of hydrogen-bond donors (Lipinski definition) is 1. The summed E-state index contributed by atoms with van der Waals surface area (Å²) in [4.78, 5) is 14.9. The average Bonchev–Trinajstić information content (AvgIpc) is 2.84. The molecule has 2 aromatic rings. The maximum Gasteiger partial charge on any atom is 0.416 e. The minimum Gasteiger partial charge on any atom is -0.379 e. The van der Waals surface area contributed by atoms with Gasteiger partial charge in [-0.25, -0.2) is 8.42 Å². The number of carbonyl (C=O) groups is 1. The van der Waals surface area contributed by atoms with Gasteiger partial charge < -0.3 is 15.0 Å². The first-order valence-electron chi connectivity index (χ1n) is 11.1. The molecule has 11 heteroatoms. The van der Waals surface area contributed by atoms with E-state index in [4.69, 9.17) is 4.74 Å². The van der Waals surface area contributed by atoms with Gasteiger partial charge in [-0.1, -0.05) is 6.07 Å². The van der Waals surface area contributed by atoms with Gasteiger partial charge in [-0.15, -0.1) is 0 Å². The van der Waals surface area contributed by atoms with Crippen molar-refractivity contribution in [2.45, 2.75) is 30.3 Å². The van der Waals surface area contributed by atoms with Crippen LogP contribution in [0.2, 0.25) is 0 Å². The molecular weight excluding hydrogens is 471 g/mol. The van der Waals surface area contributed by atoms with Gasteiger partial charge in [-0.05, 0) is 55.7 Å². The fourth-order valence-corrected chi connectivity index (χ4v) is 5.61. The monoisotopic (exact) mass is 497 g/mol. The summed E-state index contributed by atoms with van der Waals surface area (Å²) in [6.07, 6.45) is -1.69. The summed E-state index contributed by atoms with van der Waals surface area (Å²) < 4.78 is 72.4. The van der Waals surface area contributed by atoms with E-state index in [1.807, 2.05) is 4.90 Å². The number of carbonyl (C=O) groups excluding carboxylic acids is 1. The number of nitrogens with one attached hydrogen (secondary N) is 1. The van der Waals surface area contributed by atoms with Crippen molar-refractivity contribution < 1.29 is 31.1 Å². The highest BCUT2D eigenvalue weighted by molar-refractivity contribution is 7.89. The van der Waals surface area contributed by atoms with E-state index in [1.165, 1.54) is 34.6 Å². The van der Waals surface area contributed by atoms with Crippen LogP contribution < -0.4 is 10.2 Å². The van der Waals surface area contributed by atoms with Gasteiger partial charge in [0.05, 0.1) is 35.0 Å². The van der Waals surface area contributed by atoms with Crippen LogP contribution in [-0.4, -0.2) is 58.0 Å². The lowest BCUT2D eigenvalue weighted by Crippen LogP contribution is -2.40. The highest BCUT2D eigenvalue weighted by Crippen LogP contribution is 2.36. The molecule has 2 aliphatic heterocycles. The summed E-state index contributed by atoms with van der Waals surface area (Å²) in [6, 6.07) is 8.83. The molecule has 184 valence electrons. The van der Waals surface area contributed by atoms with Gasteiger partial charge in [0.15, 0.2) is 0 Å². The predicted octanol–water partition coefficient (Wildman–Crippen LogP) is 3.97. The minimum atomic E-state index is -4.56. The Morgan fingerprint density at radius 2 is 1.65 bits per heavy atom. The van der Waals surface area contributed by atoms with Crippen molar-refractivity contribution >= 4 is 27.3 Å². The lowest BCUT2D eigenvalue weighted by atomic mass is 10.1. The Morgan fingerprint density at radius 1 is 0.941 bits per heavy atom. The zero-order valence-corrected chi connectivity index (χ0v) is 19.3. The summed E-state index contributed by atoms with van der Waals surface area (Å²) in [7, 11) is -3.83. The Labute approximate surface area is 196 Å². The Bertz CT molecular complexity index is 1140. The zero-order chi connectivity index (χ0) is 24.3. The number of halogens is 3. The second kappa shape index (κ2) is 9.93. The SMILES string of the molecule is O=C(Nc1cc(C(F)(F)F)ccc1N1CCCCC1)c1cccc(S(=O)(=O)N2CCOCC2)c1. The number of anilines is 2. The van der Waals surface area contributed by atoms with Crippen LogP contribution in [0.1, 0.15) is 35.2 Å². The van der Waals surface area contributed by atoms with Crippen molar-refractivity contribution in [2.75, 3.05) is 49.6 Å². The lowest BCUT2D eigenvalue weighted by molar-refractivity contribution is -0.137. The number of morpholine rings is 1. The maximum atomic E-state index is 13.4. The fraction of sp³-hybridized carbons (Fsp3) is 0.435. The standard InChI is InChI=1S/C23H26F3N3O4S/c24-23(25,26)18-7-8-21(28-9-2-1-3-10-28)20(16-18)27-22(30)17-5-4-6-19(15-17)34(31,32)29-11-13-33-14-12-29/h4-8,15-16H,1-3,9-14H2,(H,27,30). The number of hydrogen-bond acceptors (Lipinski definition) is 5. The van der Waals surface area contributed by atoms with E-state index in [0.717, 1.165) is 31.4 Å². The second-order valence-corrected chi connectivity index (χ2v) is 10.2. The van der Waals surface area contributed by atoms with Gasteiger partial charge in [-0.2, -0.15) is 17.5 Å². The van der Waals surface area contributed by atoms with Crippen LogP contribution >= 0.6 is 0 Å². The van der Waals surface area contributed by atoms with Gasteiger partial charge in [-0.3, -0.25) is 4.79 Å². The number of benzene rings is 2. The molecule has 0 radical (unpaired) electrons. The van der Waals surface area contributed by atoms with Crippen molar-refractivity contribution in [3.8, 4) is 0 Å². The molecule has 2 saturated heterocycles. The normalized spacial score (nSPS) is 18.0. The van der Waals surface area contributed by atoms with Gasteiger partial charge in [0.1, 0.15) is 0 Å². The Hall–Kier alpha value is -2.63. The third-order valence-corrected chi connectivity index (χ3v) is 7.87. The first-order chi connectivity index (χ1) is 16.2. The van der Waals surface area contributed by atoms with E-state index in [1.54, 1.807) is 0 Å². The third kappa shape index (κ3) is 5.37. The number of alkyl halides is 3. The molecule has 0 saturated carbocycles. The Balaban J connectivity index is 1.62. The summed E-state index contributed by atoms with van der Waals surface area (Å²) in [5.74, 6) is -0.684. The van der Waals surface area contributed by atoms with E-state index in [9.17, 15) is 26.4 Å². The van der Waals surface area contributed by atoms with Crippen molar-refractivity contribution in [3.63, 3.8) is 0 Å². The molecule has 0 spiro atoms. The number of piperidine rings is 1. The van der Waals surface area contributed by atoms with E-state index in [-0.39, 0.29) is 42.4 Å². The minimum absolute atomic E-state index is 0.0383. The van der Waals surface area contributed by atoms with Gasteiger partial charge >= 0.3 is 6.18 Å². The van der Waals surface area contributed by atoms with Crippen molar-refractivity contribution in [1.29, 1.82) is 0 Å². The molecule has 2 fully saturated rings. The zero-order valence-electron chi connectivity index (χ0n) is 18.5. The fourth-order valence-electron chi connectivity index (χ4n) is 4.15. The third-order valence-electron chi connectivity index (χ3n) is 5.97. The van der Waals surface area contributed by atoms with Crippen LogP contribution in [0.25, 0.3) is 0 Å². The Morgan fingerprint density at radius 3 is 2.32 bits per heavy atom. The molecule has 0 unspecified atom stereocenters. The molecule has 1 N–H and O–H groups in total.